The van der Waals surface area contributed by atoms with Crippen molar-refractivity contribution in [2.45, 2.75) is 20.8 Å². The van der Waals surface area contributed by atoms with Crippen LogP contribution in [0.1, 0.15) is 16.7 Å². The number of hydrogen-bond donors (Lipinski definition) is 1. The first kappa shape index (κ1) is 13.9. The van der Waals surface area contributed by atoms with E-state index in [1.54, 1.807) is 0 Å². The lowest BCUT2D eigenvalue weighted by Crippen LogP contribution is -2.48. The van der Waals surface area contributed by atoms with Crippen LogP contribution in [-0.2, 0) is 0 Å². The summed E-state index contributed by atoms with van der Waals surface area (Å²) in [4.78, 5) is 16.4. The number of amides is 2. The van der Waals surface area contributed by atoms with Gasteiger partial charge in [-0.1, -0.05) is 17.7 Å². The Bertz CT molecular complexity index is 453. The Labute approximate surface area is 115 Å². The van der Waals surface area contributed by atoms with Crippen LogP contribution < -0.4 is 5.32 Å². The summed E-state index contributed by atoms with van der Waals surface area (Å²) in [5.41, 5.74) is 4.43. The second kappa shape index (κ2) is 5.61. The average Bonchev–Trinajstić information content (AvgIpc) is 2.34. The van der Waals surface area contributed by atoms with Crippen molar-refractivity contribution in [1.82, 2.24) is 9.80 Å². The summed E-state index contributed by atoms with van der Waals surface area (Å²) in [5, 5.41) is 3.06. The molecule has 1 heterocycles. The summed E-state index contributed by atoms with van der Waals surface area (Å²) in [6.45, 7) is 9.64. The molecule has 1 fully saturated rings. The van der Waals surface area contributed by atoms with Crippen molar-refractivity contribution in [1.29, 1.82) is 0 Å². The minimum Gasteiger partial charge on any atom is -0.322 e. The molecule has 1 aliphatic heterocycles. The zero-order chi connectivity index (χ0) is 14.0. The Hall–Kier alpha value is -1.55. The van der Waals surface area contributed by atoms with Gasteiger partial charge in [-0.05, 0) is 38.9 Å². The van der Waals surface area contributed by atoms with Gasteiger partial charge in [0, 0.05) is 31.9 Å². The second-order valence-electron chi connectivity index (χ2n) is 5.49. The number of likely N-dealkylation sites (N-methyl/N-ethyl adjacent to an activating group) is 1. The Morgan fingerprint density at radius 2 is 1.58 bits per heavy atom. The first-order chi connectivity index (χ1) is 8.97. The van der Waals surface area contributed by atoms with Gasteiger partial charge < -0.3 is 15.1 Å². The number of carbonyl (C=O) groups is 1. The largest absolute Gasteiger partial charge is 0.322 e. The highest BCUT2D eigenvalue weighted by Gasteiger charge is 2.19. The number of aryl methyl sites for hydroxylation is 3. The van der Waals surface area contributed by atoms with Crippen molar-refractivity contribution in [3.8, 4) is 0 Å². The number of benzene rings is 1. The molecule has 4 nitrogen and oxygen atoms in total. The number of carbonyl (C=O) groups excluding carboxylic acids is 1. The van der Waals surface area contributed by atoms with Crippen molar-refractivity contribution < 1.29 is 4.79 Å². The second-order valence-corrected chi connectivity index (χ2v) is 5.49. The lowest BCUT2D eigenvalue weighted by Gasteiger charge is -2.32. The van der Waals surface area contributed by atoms with E-state index >= 15 is 0 Å². The van der Waals surface area contributed by atoms with E-state index in [1.807, 2.05) is 18.7 Å². The predicted octanol–water partition coefficient (Wildman–Crippen LogP) is 2.39. The fraction of sp³-hybridized carbons (Fsp3) is 0.533. The van der Waals surface area contributed by atoms with Crippen molar-refractivity contribution in [3.63, 3.8) is 0 Å². The Morgan fingerprint density at radius 3 is 2.11 bits per heavy atom. The number of urea groups is 1. The van der Waals surface area contributed by atoms with Gasteiger partial charge in [-0.25, -0.2) is 4.79 Å². The SMILES string of the molecule is Cc1cc(C)c(NC(=O)N2CCN(C)CC2)c(C)c1. The number of rotatable bonds is 1. The molecule has 1 aromatic rings. The molecule has 0 aromatic heterocycles. The van der Waals surface area contributed by atoms with Gasteiger partial charge >= 0.3 is 6.03 Å². The Balaban J connectivity index is 2.07. The fourth-order valence-electron chi connectivity index (χ4n) is 2.57. The van der Waals surface area contributed by atoms with Crippen molar-refractivity contribution in [3.05, 3.63) is 28.8 Å². The quantitative estimate of drug-likeness (QED) is 0.842. The molecule has 1 N–H and O–H groups in total. The molecule has 104 valence electrons. The molecule has 0 unspecified atom stereocenters. The lowest BCUT2D eigenvalue weighted by atomic mass is 10.1. The molecule has 4 heteroatoms. The highest BCUT2D eigenvalue weighted by molar-refractivity contribution is 5.91. The van der Waals surface area contributed by atoms with Gasteiger partial charge in [0.2, 0.25) is 0 Å². The van der Waals surface area contributed by atoms with Crippen LogP contribution in [0.3, 0.4) is 0 Å². The molecule has 0 aliphatic carbocycles. The van der Waals surface area contributed by atoms with Gasteiger partial charge in [0.1, 0.15) is 0 Å². The topological polar surface area (TPSA) is 35.6 Å². The van der Waals surface area contributed by atoms with Crippen molar-refractivity contribution >= 4 is 11.7 Å². The van der Waals surface area contributed by atoms with Gasteiger partial charge in [0.05, 0.1) is 0 Å². The van der Waals surface area contributed by atoms with Crippen LogP contribution in [0, 0.1) is 20.8 Å². The van der Waals surface area contributed by atoms with E-state index in [-0.39, 0.29) is 6.03 Å². The molecule has 0 radical (unpaired) electrons. The smallest absolute Gasteiger partial charge is 0.321 e. The summed E-state index contributed by atoms with van der Waals surface area (Å²) in [5.74, 6) is 0. The van der Waals surface area contributed by atoms with Crippen molar-refractivity contribution in [2.75, 3.05) is 38.5 Å². The molecule has 1 aliphatic rings. The maximum atomic E-state index is 12.3. The number of piperazine rings is 1. The van der Waals surface area contributed by atoms with Crippen LogP contribution in [0.4, 0.5) is 10.5 Å². The van der Waals surface area contributed by atoms with Gasteiger partial charge in [-0.15, -0.1) is 0 Å². The summed E-state index contributed by atoms with van der Waals surface area (Å²) < 4.78 is 0. The van der Waals surface area contributed by atoms with Gasteiger partial charge in [0.15, 0.2) is 0 Å². The van der Waals surface area contributed by atoms with Crippen LogP contribution >= 0.6 is 0 Å². The zero-order valence-electron chi connectivity index (χ0n) is 12.3. The number of nitrogens with zero attached hydrogens (tertiary/aromatic N) is 2. The summed E-state index contributed by atoms with van der Waals surface area (Å²) >= 11 is 0. The van der Waals surface area contributed by atoms with E-state index in [1.165, 1.54) is 5.56 Å². The first-order valence-corrected chi connectivity index (χ1v) is 6.79. The predicted molar refractivity (Wildman–Crippen MR) is 78.7 cm³/mol. The number of nitrogens with one attached hydrogen (secondary N) is 1. The van der Waals surface area contributed by atoms with Gasteiger partial charge in [0.25, 0.3) is 0 Å². The fourth-order valence-corrected chi connectivity index (χ4v) is 2.57. The summed E-state index contributed by atoms with van der Waals surface area (Å²) in [7, 11) is 2.09. The van der Waals surface area contributed by atoms with Crippen LogP contribution in [0.5, 0.6) is 0 Å². The van der Waals surface area contributed by atoms with E-state index in [4.69, 9.17) is 0 Å². The van der Waals surface area contributed by atoms with E-state index in [2.05, 4.69) is 36.3 Å². The van der Waals surface area contributed by atoms with Crippen LogP contribution in [-0.4, -0.2) is 49.1 Å². The number of hydrogen-bond acceptors (Lipinski definition) is 2. The van der Waals surface area contributed by atoms with Crippen molar-refractivity contribution in [2.24, 2.45) is 0 Å². The third-order valence-electron chi connectivity index (χ3n) is 3.70. The average molecular weight is 261 g/mol. The normalized spacial score (nSPS) is 16.5. The maximum absolute atomic E-state index is 12.3. The highest BCUT2D eigenvalue weighted by atomic mass is 16.2. The summed E-state index contributed by atoms with van der Waals surface area (Å²) in [6.07, 6.45) is 0. The van der Waals surface area contributed by atoms with Crippen LogP contribution in [0.25, 0.3) is 0 Å². The Kier molecular flexibility index (Phi) is 4.10. The zero-order valence-corrected chi connectivity index (χ0v) is 12.3. The van der Waals surface area contributed by atoms with Gasteiger partial charge in [-0.2, -0.15) is 0 Å². The third kappa shape index (κ3) is 3.26. The van der Waals surface area contributed by atoms with E-state index in [0.717, 1.165) is 43.0 Å². The standard InChI is InChI=1S/C15H23N3O/c1-11-9-12(2)14(13(3)10-11)16-15(19)18-7-5-17(4)6-8-18/h9-10H,5-8H2,1-4H3,(H,16,19). The highest BCUT2D eigenvalue weighted by Crippen LogP contribution is 2.22. The monoisotopic (exact) mass is 261 g/mol. The van der Waals surface area contributed by atoms with Crippen LogP contribution in [0.15, 0.2) is 12.1 Å². The lowest BCUT2D eigenvalue weighted by molar-refractivity contribution is 0.164. The minimum atomic E-state index is 0.0168. The molecular formula is C15H23N3O. The molecular weight excluding hydrogens is 238 g/mol. The molecule has 2 rings (SSSR count). The number of anilines is 1. The molecule has 1 aromatic carbocycles. The maximum Gasteiger partial charge on any atom is 0.321 e. The first-order valence-electron chi connectivity index (χ1n) is 6.79. The van der Waals surface area contributed by atoms with Crippen LogP contribution in [0.2, 0.25) is 0 Å². The van der Waals surface area contributed by atoms with E-state index in [0.29, 0.717) is 0 Å². The van der Waals surface area contributed by atoms with Gasteiger partial charge in [-0.3, -0.25) is 0 Å². The molecule has 1 saturated heterocycles. The molecule has 0 saturated carbocycles. The molecule has 2 amide bonds. The molecule has 0 bridgehead atoms. The molecule has 0 atom stereocenters. The van der Waals surface area contributed by atoms with E-state index < -0.39 is 0 Å². The molecule has 0 spiro atoms. The third-order valence-corrected chi connectivity index (χ3v) is 3.70. The Morgan fingerprint density at radius 1 is 1.05 bits per heavy atom. The summed E-state index contributed by atoms with van der Waals surface area (Å²) in [6, 6.07) is 4.22. The van der Waals surface area contributed by atoms with E-state index in [9.17, 15) is 4.79 Å². The minimum absolute atomic E-state index is 0.0168. The molecule has 19 heavy (non-hydrogen) atoms.